The number of carbonyl (C=O) groups excluding carboxylic acids is 1. The summed E-state index contributed by atoms with van der Waals surface area (Å²) in [5.74, 6) is -1.35. The van der Waals surface area contributed by atoms with Crippen LogP contribution in [0.5, 0.6) is 0 Å². The first kappa shape index (κ1) is 18.9. The van der Waals surface area contributed by atoms with Gasteiger partial charge in [0, 0.05) is 5.56 Å². The van der Waals surface area contributed by atoms with Crippen LogP contribution in [0.3, 0.4) is 0 Å². The second-order valence-corrected chi connectivity index (χ2v) is 6.12. The molecule has 1 unspecified atom stereocenters. The third-order valence-electron chi connectivity index (χ3n) is 3.24. The quantitative estimate of drug-likeness (QED) is 0.860. The van der Waals surface area contributed by atoms with Crippen molar-refractivity contribution < 1.29 is 28.2 Å². The first-order chi connectivity index (χ1) is 10.5. The van der Waals surface area contributed by atoms with Gasteiger partial charge in [0.25, 0.3) is 6.43 Å². The Labute approximate surface area is 133 Å². The van der Waals surface area contributed by atoms with E-state index in [9.17, 15) is 23.5 Å². The molecule has 1 atom stereocenters. The number of amides is 1. The molecule has 23 heavy (non-hydrogen) atoms. The SMILES string of the molecule is CCC(NC(=O)OC(C)(C)C)(C(=O)O)c1cccc(C(F)F)c1. The van der Waals surface area contributed by atoms with Gasteiger partial charge >= 0.3 is 12.1 Å². The van der Waals surface area contributed by atoms with E-state index in [1.54, 1.807) is 27.7 Å². The van der Waals surface area contributed by atoms with E-state index in [0.29, 0.717) is 0 Å². The van der Waals surface area contributed by atoms with Crippen LogP contribution in [0.25, 0.3) is 0 Å². The molecule has 0 aliphatic heterocycles. The number of carbonyl (C=O) groups is 2. The fourth-order valence-corrected chi connectivity index (χ4v) is 2.11. The zero-order valence-electron chi connectivity index (χ0n) is 13.5. The number of halogens is 2. The fourth-order valence-electron chi connectivity index (χ4n) is 2.11. The van der Waals surface area contributed by atoms with Gasteiger partial charge in [-0.3, -0.25) is 0 Å². The predicted octanol–water partition coefficient (Wildman–Crippen LogP) is 3.84. The third kappa shape index (κ3) is 4.64. The molecule has 7 heteroatoms. The van der Waals surface area contributed by atoms with Crippen LogP contribution in [0.1, 0.15) is 51.7 Å². The van der Waals surface area contributed by atoms with Gasteiger partial charge < -0.3 is 15.2 Å². The van der Waals surface area contributed by atoms with Crippen LogP contribution in [0.4, 0.5) is 13.6 Å². The Kier molecular flexibility index (Phi) is 5.69. The summed E-state index contributed by atoms with van der Waals surface area (Å²) in [5.41, 5.74) is -2.90. The average Bonchev–Trinajstić information content (AvgIpc) is 2.42. The third-order valence-corrected chi connectivity index (χ3v) is 3.24. The highest BCUT2D eigenvalue weighted by Crippen LogP contribution is 2.29. The van der Waals surface area contributed by atoms with Crippen LogP contribution in [0.15, 0.2) is 24.3 Å². The fraction of sp³-hybridized carbons (Fsp3) is 0.500. The van der Waals surface area contributed by atoms with Crippen molar-refractivity contribution in [3.8, 4) is 0 Å². The number of rotatable bonds is 5. The Balaban J connectivity index is 3.25. The Morgan fingerprint density at radius 3 is 2.35 bits per heavy atom. The highest BCUT2D eigenvalue weighted by molar-refractivity contribution is 5.86. The standard InChI is InChI=1S/C16H21F2NO4/c1-5-16(13(20)21,19-14(22)23-15(2,3)4)11-8-6-7-10(9-11)12(17)18/h6-9,12H,5H2,1-4H3,(H,19,22)(H,20,21). The van der Waals surface area contributed by atoms with Crippen LogP contribution in [-0.2, 0) is 15.1 Å². The zero-order valence-corrected chi connectivity index (χ0v) is 13.5. The maximum atomic E-state index is 12.9. The van der Waals surface area contributed by atoms with Gasteiger partial charge in [0.2, 0.25) is 0 Å². The molecular weight excluding hydrogens is 308 g/mol. The number of hydrogen-bond donors (Lipinski definition) is 2. The lowest BCUT2D eigenvalue weighted by atomic mass is 9.86. The van der Waals surface area contributed by atoms with Crippen molar-refractivity contribution in [3.63, 3.8) is 0 Å². The van der Waals surface area contributed by atoms with Crippen LogP contribution in [-0.4, -0.2) is 22.8 Å². The minimum absolute atomic E-state index is 0.0335. The van der Waals surface area contributed by atoms with E-state index in [-0.39, 0.29) is 17.5 Å². The van der Waals surface area contributed by atoms with E-state index < -0.39 is 29.6 Å². The molecule has 0 saturated heterocycles. The largest absolute Gasteiger partial charge is 0.479 e. The molecule has 1 amide bonds. The molecule has 0 aromatic heterocycles. The van der Waals surface area contributed by atoms with Gasteiger partial charge in [-0.2, -0.15) is 0 Å². The lowest BCUT2D eigenvalue weighted by Crippen LogP contribution is -2.52. The van der Waals surface area contributed by atoms with Crippen molar-refractivity contribution in [2.75, 3.05) is 0 Å². The summed E-state index contributed by atoms with van der Waals surface area (Å²) in [5, 5.41) is 11.9. The average molecular weight is 329 g/mol. The molecule has 1 aromatic carbocycles. The van der Waals surface area contributed by atoms with Crippen molar-refractivity contribution in [2.45, 2.75) is 51.7 Å². The first-order valence-corrected chi connectivity index (χ1v) is 7.15. The minimum Gasteiger partial charge on any atom is -0.479 e. The normalized spacial score (nSPS) is 14.2. The summed E-state index contributed by atoms with van der Waals surface area (Å²) in [4.78, 5) is 23.8. The lowest BCUT2D eigenvalue weighted by molar-refractivity contribution is -0.145. The lowest BCUT2D eigenvalue weighted by Gasteiger charge is -2.31. The molecule has 0 fully saturated rings. The number of carboxylic acids is 1. The van der Waals surface area contributed by atoms with Gasteiger partial charge in [-0.15, -0.1) is 0 Å². The van der Waals surface area contributed by atoms with E-state index in [1.807, 2.05) is 0 Å². The molecule has 2 N–H and O–H groups in total. The number of nitrogens with one attached hydrogen (secondary N) is 1. The number of hydrogen-bond acceptors (Lipinski definition) is 3. The molecule has 0 aliphatic carbocycles. The van der Waals surface area contributed by atoms with Crippen molar-refractivity contribution in [2.24, 2.45) is 0 Å². The van der Waals surface area contributed by atoms with Crippen molar-refractivity contribution in [1.29, 1.82) is 0 Å². The Hall–Kier alpha value is -2.18. The maximum absolute atomic E-state index is 12.9. The second-order valence-electron chi connectivity index (χ2n) is 6.12. The summed E-state index contributed by atoms with van der Waals surface area (Å²) >= 11 is 0. The van der Waals surface area contributed by atoms with E-state index in [4.69, 9.17) is 4.74 Å². The van der Waals surface area contributed by atoms with Gasteiger partial charge in [0.05, 0.1) is 0 Å². The Bertz CT molecular complexity index is 584. The van der Waals surface area contributed by atoms with Gasteiger partial charge in [0.15, 0.2) is 5.54 Å². The number of alkyl halides is 2. The molecule has 0 radical (unpaired) electrons. The first-order valence-electron chi connectivity index (χ1n) is 7.15. The van der Waals surface area contributed by atoms with E-state index in [2.05, 4.69) is 5.32 Å². The highest BCUT2D eigenvalue weighted by atomic mass is 19.3. The summed E-state index contributed by atoms with van der Waals surface area (Å²) in [7, 11) is 0. The number of alkyl carbamates (subject to hydrolysis) is 1. The van der Waals surface area contributed by atoms with Crippen LogP contribution >= 0.6 is 0 Å². The minimum atomic E-state index is -2.74. The molecule has 0 heterocycles. The molecule has 0 spiro atoms. The second kappa shape index (κ2) is 6.93. The number of aliphatic carboxylic acids is 1. The topological polar surface area (TPSA) is 75.6 Å². The number of benzene rings is 1. The van der Waals surface area contributed by atoms with Crippen molar-refractivity contribution in [1.82, 2.24) is 5.32 Å². The molecular formula is C16H21F2NO4. The summed E-state index contributed by atoms with van der Waals surface area (Å²) in [6, 6.07) is 5.01. The van der Waals surface area contributed by atoms with Gasteiger partial charge in [-0.05, 0) is 38.8 Å². The summed E-state index contributed by atoms with van der Waals surface area (Å²) in [6.07, 6.45) is -3.70. The smallest absolute Gasteiger partial charge is 0.408 e. The summed E-state index contributed by atoms with van der Waals surface area (Å²) < 4.78 is 30.8. The Morgan fingerprint density at radius 2 is 1.91 bits per heavy atom. The monoisotopic (exact) mass is 329 g/mol. The van der Waals surface area contributed by atoms with Crippen LogP contribution in [0.2, 0.25) is 0 Å². The highest BCUT2D eigenvalue weighted by Gasteiger charge is 2.41. The molecule has 128 valence electrons. The van der Waals surface area contributed by atoms with Gasteiger partial charge in [-0.1, -0.05) is 25.1 Å². The zero-order chi connectivity index (χ0) is 17.8. The molecule has 1 rings (SSSR count). The van der Waals surface area contributed by atoms with E-state index in [0.717, 1.165) is 6.07 Å². The van der Waals surface area contributed by atoms with Crippen molar-refractivity contribution in [3.05, 3.63) is 35.4 Å². The number of carboxylic acid groups (broad SMARTS) is 1. The van der Waals surface area contributed by atoms with E-state index >= 15 is 0 Å². The molecule has 0 aliphatic rings. The molecule has 5 nitrogen and oxygen atoms in total. The van der Waals surface area contributed by atoms with E-state index in [1.165, 1.54) is 18.2 Å². The predicted molar refractivity (Wildman–Crippen MR) is 80.4 cm³/mol. The van der Waals surface area contributed by atoms with Gasteiger partial charge in [-0.25, -0.2) is 18.4 Å². The van der Waals surface area contributed by atoms with Crippen molar-refractivity contribution >= 4 is 12.1 Å². The maximum Gasteiger partial charge on any atom is 0.408 e. The van der Waals surface area contributed by atoms with Gasteiger partial charge in [0.1, 0.15) is 5.60 Å². The Morgan fingerprint density at radius 1 is 1.30 bits per heavy atom. The van der Waals surface area contributed by atoms with Crippen LogP contribution < -0.4 is 5.32 Å². The molecule has 0 bridgehead atoms. The summed E-state index contributed by atoms with van der Waals surface area (Å²) in [6.45, 7) is 6.45. The number of ether oxygens (including phenoxy) is 1. The van der Waals surface area contributed by atoms with Crippen LogP contribution in [0, 0.1) is 0 Å². The molecule has 1 aromatic rings. The molecule has 0 saturated carbocycles.